The molecule has 4 N–H and O–H groups in total. The van der Waals surface area contributed by atoms with Gasteiger partial charge in [0.15, 0.2) is 0 Å². The molecule has 2 aliphatic rings. The van der Waals surface area contributed by atoms with Crippen LogP contribution >= 0.6 is 11.8 Å². The maximum Gasteiger partial charge on any atom is 0.353 e. The zero-order chi connectivity index (χ0) is 15.2. The first kappa shape index (κ1) is 15.3. The van der Waals surface area contributed by atoms with Gasteiger partial charge in [-0.3, -0.25) is 4.79 Å². The number of carbonyl (C=O) groups excluding carboxylic acids is 1. The molecule has 3 atom stereocenters. The highest BCUT2D eigenvalue weighted by molar-refractivity contribution is 8.04. The van der Waals surface area contributed by atoms with Crippen molar-refractivity contribution in [2.24, 2.45) is 11.7 Å². The fourth-order valence-electron chi connectivity index (χ4n) is 2.70. The SMILES string of the molecule is CC(O)C1C(=O)N2C(C(=O)O)=C(SC(C)(C)CN)CC12. The van der Waals surface area contributed by atoms with E-state index in [1.165, 1.54) is 16.7 Å². The summed E-state index contributed by atoms with van der Waals surface area (Å²) in [5, 5.41) is 19.0. The molecule has 1 amide bonds. The predicted octanol–water partition coefficient (Wildman–Crippen LogP) is 0.365. The summed E-state index contributed by atoms with van der Waals surface area (Å²) in [5.41, 5.74) is 5.74. The van der Waals surface area contributed by atoms with Gasteiger partial charge in [-0.2, -0.15) is 0 Å². The van der Waals surface area contributed by atoms with E-state index in [4.69, 9.17) is 5.73 Å². The minimum absolute atomic E-state index is 0.0587. The van der Waals surface area contributed by atoms with Crippen LogP contribution in [0.5, 0.6) is 0 Å². The van der Waals surface area contributed by atoms with Crippen LogP contribution in [0.15, 0.2) is 10.6 Å². The van der Waals surface area contributed by atoms with E-state index >= 15 is 0 Å². The third-order valence-electron chi connectivity index (χ3n) is 3.78. The third-order valence-corrected chi connectivity index (χ3v) is 5.11. The number of thioether (sulfide) groups is 1. The lowest BCUT2D eigenvalue weighted by Crippen LogP contribution is -2.61. The molecule has 0 saturated carbocycles. The van der Waals surface area contributed by atoms with Crippen LogP contribution in [0.3, 0.4) is 0 Å². The van der Waals surface area contributed by atoms with Crippen molar-refractivity contribution in [2.45, 2.75) is 44.1 Å². The quantitative estimate of drug-likeness (QED) is 0.634. The highest BCUT2D eigenvalue weighted by Crippen LogP contribution is 2.49. The number of β-lactam (4-membered cyclic amide) rings is 1. The minimum atomic E-state index is -1.10. The van der Waals surface area contributed by atoms with Crippen LogP contribution < -0.4 is 5.73 Å². The van der Waals surface area contributed by atoms with Gasteiger partial charge in [0.1, 0.15) is 5.70 Å². The largest absolute Gasteiger partial charge is 0.477 e. The van der Waals surface area contributed by atoms with E-state index in [9.17, 15) is 19.8 Å². The molecule has 0 aromatic carbocycles. The highest BCUT2D eigenvalue weighted by atomic mass is 32.2. The molecule has 3 unspecified atom stereocenters. The summed E-state index contributed by atoms with van der Waals surface area (Å²) in [6.45, 7) is 5.85. The zero-order valence-corrected chi connectivity index (χ0v) is 12.6. The van der Waals surface area contributed by atoms with E-state index < -0.39 is 18.0 Å². The Kier molecular flexibility index (Phi) is 3.88. The van der Waals surface area contributed by atoms with E-state index in [0.29, 0.717) is 17.9 Å². The number of hydrogen-bond acceptors (Lipinski definition) is 5. The lowest BCUT2D eigenvalue weighted by Gasteiger charge is -2.44. The van der Waals surface area contributed by atoms with Gasteiger partial charge in [-0.25, -0.2) is 4.79 Å². The Bertz CT molecular complexity index is 487. The molecule has 2 aliphatic heterocycles. The first-order chi connectivity index (χ1) is 9.19. The van der Waals surface area contributed by atoms with Gasteiger partial charge in [0.25, 0.3) is 0 Å². The van der Waals surface area contributed by atoms with Crippen LogP contribution in [-0.2, 0) is 9.59 Å². The minimum Gasteiger partial charge on any atom is -0.477 e. The Labute approximate surface area is 122 Å². The van der Waals surface area contributed by atoms with Gasteiger partial charge in [-0.1, -0.05) is 0 Å². The van der Waals surface area contributed by atoms with E-state index in [1.807, 2.05) is 13.8 Å². The Morgan fingerprint density at radius 1 is 1.60 bits per heavy atom. The van der Waals surface area contributed by atoms with E-state index in [0.717, 1.165) is 0 Å². The fraction of sp³-hybridized carbons (Fsp3) is 0.692. The summed E-state index contributed by atoms with van der Waals surface area (Å²) < 4.78 is -0.287. The van der Waals surface area contributed by atoms with Crippen LogP contribution in [0.25, 0.3) is 0 Å². The van der Waals surface area contributed by atoms with Gasteiger partial charge in [-0.05, 0) is 20.8 Å². The molecule has 7 heteroatoms. The monoisotopic (exact) mass is 300 g/mol. The van der Waals surface area contributed by atoms with Crippen molar-refractivity contribution in [1.82, 2.24) is 4.90 Å². The molecule has 1 fully saturated rings. The van der Waals surface area contributed by atoms with Crippen molar-refractivity contribution < 1.29 is 19.8 Å². The van der Waals surface area contributed by atoms with E-state index in [2.05, 4.69) is 0 Å². The number of nitrogens with zero attached hydrogens (tertiary/aromatic N) is 1. The zero-order valence-electron chi connectivity index (χ0n) is 11.8. The summed E-state index contributed by atoms with van der Waals surface area (Å²) in [4.78, 5) is 25.4. The van der Waals surface area contributed by atoms with Crippen LogP contribution in [-0.4, -0.2) is 50.4 Å². The first-order valence-corrected chi connectivity index (χ1v) is 7.38. The molecule has 20 heavy (non-hydrogen) atoms. The van der Waals surface area contributed by atoms with Crippen molar-refractivity contribution in [1.29, 1.82) is 0 Å². The number of amides is 1. The summed E-state index contributed by atoms with van der Waals surface area (Å²) in [7, 11) is 0. The second kappa shape index (κ2) is 5.05. The lowest BCUT2D eigenvalue weighted by molar-refractivity contribution is -0.161. The maximum atomic E-state index is 12.0. The van der Waals surface area contributed by atoms with Crippen LogP contribution in [0.2, 0.25) is 0 Å². The van der Waals surface area contributed by atoms with E-state index in [-0.39, 0.29) is 22.4 Å². The molecule has 6 nitrogen and oxygen atoms in total. The second-order valence-corrected chi connectivity index (χ2v) is 7.69. The van der Waals surface area contributed by atoms with Crippen molar-refractivity contribution in [3.63, 3.8) is 0 Å². The number of carbonyl (C=O) groups is 2. The number of rotatable bonds is 5. The van der Waals surface area contributed by atoms with Gasteiger partial charge in [0, 0.05) is 22.6 Å². The molecule has 2 rings (SSSR count). The smallest absolute Gasteiger partial charge is 0.353 e. The number of fused-ring (bicyclic) bond motifs is 1. The summed E-state index contributed by atoms with van der Waals surface area (Å²) >= 11 is 1.41. The molecule has 0 radical (unpaired) electrons. The molecule has 0 spiro atoms. The topological polar surface area (TPSA) is 104 Å². The number of aliphatic carboxylic acids is 1. The predicted molar refractivity (Wildman–Crippen MR) is 75.8 cm³/mol. The van der Waals surface area contributed by atoms with Gasteiger partial charge >= 0.3 is 5.97 Å². The van der Waals surface area contributed by atoms with Crippen LogP contribution in [0.4, 0.5) is 0 Å². The molecular formula is C13H20N2O4S. The third kappa shape index (κ3) is 2.34. The van der Waals surface area contributed by atoms with Gasteiger partial charge in [0.05, 0.1) is 18.1 Å². The number of aliphatic hydroxyl groups excluding tert-OH is 1. The standard InChI is InChI=1S/C13H20N2O4S/c1-6(16)9-7-4-8(20-13(2,3)5-14)10(12(18)19)15(7)11(9)17/h6-7,9,16H,4-5,14H2,1-3H3,(H,18,19). The lowest BCUT2D eigenvalue weighted by atomic mass is 9.83. The molecule has 0 aliphatic carbocycles. The Morgan fingerprint density at radius 2 is 2.20 bits per heavy atom. The Morgan fingerprint density at radius 3 is 2.65 bits per heavy atom. The van der Waals surface area contributed by atoms with E-state index in [1.54, 1.807) is 6.92 Å². The number of carboxylic acid groups (broad SMARTS) is 1. The van der Waals surface area contributed by atoms with Crippen molar-refractivity contribution >= 4 is 23.6 Å². The van der Waals surface area contributed by atoms with Gasteiger partial charge in [-0.15, -0.1) is 11.8 Å². The normalized spacial score (nSPS) is 27.4. The molecule has 1 saturated heterocycles. The fourth-order valence-corrected chi connectivity index (χ4v) is 3.98. The second-order valence-electron chi connectivity index (χ2n) is 5.89. The average Bonchev–Trinajstić information content (AvgIpc) is 2.62. The molecule has 2 heterocycles. The molecular weight excluding hydrogens is 280 g/mol. The van der Waals surface area contributed by atoms with Crippen molar-refractivity contribution in [3.05, 3.63) is 10.6 Å². The Hall–Kier alpha value is -1.05. The van der Waals surface area contributed by atoms with Crippen LogP contribution in [0, 0.1) is 5.92 Å². The maximum absolute atomic E-state index is 12.0. The molecule has 0 bridgehead atoms. The highest BCUT2D eigenvalue weighted by Gasteiger charge is 2.57. The van der Waals surface area contributed by atoms with Gasteiger partial charge < -0.3 is 20.8 Å². The summed E-state index contributed by atoms with van der Waals surface area (Å²) in [5.74, 6) is -1.90. The average molecular weight is 300 g/mol. The van der Waals surface area contributed by atoms with Crippen LogP contribution in [0.1, 0.15) is 27.2 Å². The van der Waals surface area contributed by atoms with Crippen molar-refractivity contribution in [2.75, 3.05) is 6.54 Å². The Balaban J connectivity index is 2.28. The van der Waals surface area contributed by atoms with Gasteiger partial charge in [0.2, 0.25) is 5.91 Å². The number of aliphatic hydroxyl groups is 1. The number of carboxylic acids is 1. The summed E-state index contributed by atoms with van der Waals surface area (Å²) in [6, 6.07) is -0.232. The molecule has 112 valence electrons. The number of nitrogens with two attached hydrogens (primary N) is 1. The molecule has 0 aromatic rings. The first-order valence-electron chi connectivity index (χ1n) is 6.56. The number of hydrogen-bond donors (Lipinski definition) is 3. The summed E-state index contributed by atoms with van der Waals surface area (Å²) in [6.07, 6.45) is -0.275. The van der Waals surface area contributed by atoms with Crippen molar-refractivity contribution in [3.8, 4) is 0 Å². The molecule has 0 aromatic heterocycles.